The molecule has 110 valence electrons. The van der Waals surface area contributed by atoms with Crippen molar-refractivity contribution < 1.29 is 9.53 Å². The number of hydrogen-bond donors (Lipinski definition) is 1. The van der Waals surface area contributed by atoms with Gasteiger partial charge in [-0.3, -0.25) is 9.78 Å². The van der Waals surface area contributed by atoms with Crippen LogP contribution in [0.25, 0.3) is 0 Å². The van der Waals surface area contributed by atoms with Gasteiger partial charge in [0.05, 0.1) is 11.1 Å². The van der Waals surface area contributed by atoms with Gasteiger partial charge < -0.3 is 10.1 Å². The molecule has 0 fully saturated rings. The van der Waals surface area contributed by atoms with Crippen LogP contribution < -0.4 is 10.1 Å². The second kappa shape index (κ2) is 7.29. The van der Waals surface area contributed by atoms with Crippen molar-refractivity contribution in [3.8, 4) is 5.75 Å². The zero-order chi connectivity index (χ0) is 15.2. The molecule has 0 bridgehead atoms. The first kappa shape index (κ1) is 15.6. The van der Waals surface area contributed by atoms with E-state index >= 15 is 0 Å². The number of aromatic nitrogens is 1. The monoisotopic (exact) mass is 324 g/mol. The van der Waals surface area contributed by atoms with Crippen molar-refractivity contribution in [1.82, 2.24) is 10.3 Å². The number of nitrogens with zero attached hydrogens (tertiary/aromatic N) is 1. The van der Waals surface area contributed by atoms with Gasteiger partial charge in [-0.25, -0.2) is 0 Å². The second-order valence-corrected chi connectivity index (χ2v) is 5.28. The van der Waals surface area contributed by atoms with Gasteiger partial charge in [-0.1, -0.05) is 23.2 Å². The molecule has 0 aliphatic carbocycles. The molecule has 0 saturated carbocycles. The maximum Gasteiger partial charge on any atom is 0.258 e. The summed E-state index contributed by atoms with van der Waals surface area (Å²) in [7, 11) is 0. The summed E-state index contributed by atoms with van der Waals surface area (Å²) in [6, 6.07) is 8.42. The maximum atomic E-state index is 11.9. The normalized spacial score (nSPS) is 11.8. The highest BCUT2D eigenvalue weighted by Crippen LogP contribution is 2.27. The van der Waals surface area contributed by atoms with Gasteiger partial charge in [0.15, 0.2) is 6.61 Å². The van der Waals surface area contributed by atoms with Gasteiger partial charge in [-0.2, -0.15) is 0 Å². The molecule has 0 aliphatic rings. The van der Waals surface area contributed by atoms with Crippen molar-refractivity contribution in [2.45, 2.75) is 13.0 Å². The van der Waals surface area contributed by atoms with Crippen molar-refractivity contribution in [3.05, 3.63) is 58.3 Å². The molecule has 2 rings (SSSR count). The maximum absolute atomic E-state index is 11.9. The Bertz CT molecular complexity index is 620. The van der Waals surface area contributed by atoms with E-state index in [9.17, 15) is 4.79 Å². The van der Waals surface area contributed by atoms with Crippen molar-refractivity contribution >= 4 is 29.1 Å². The average Bonchev–Trinajstić information content (AvgIpc) is 2.49. The Balaban J connectivity index is 1.89. The first-order valence-corrected chi connectivity index (χ1v) is 7.09. The SMILES string of the molecule is CC(NC(=O)COc1cc(Cl)ccc1Cl)c1ccncc1. The standard InChI is InChI=1S/C15H14Cl2N2O2/c1-10(11-4-6-18-7-5-11)19-15(20)9-21-14-8-12(16)2-3-13(14)17/h2-8,10H,9H2,1H3,(H,19,20). The lowest BCUT2D eigenvalue weighted by molar-refractivity contribution is -0.123. The highest BCUT2D eigenvalue weighted by molar-refractivity contribution is 6.34. The number of carbonyl (C=O) groups is 1. The fourth-order valence-electron chi connectivity index (χ4n) is 1.75. The molecule has 1 amide bonds. The van der Waals surface area contributed by atoms with E-state index in [1.807, 2.05) is 19.1 Å². The third-order valence-electron chi connectivity index (χ3n) is 2.84. The minimum absolute atomic E-state index is 0.126. The first-order valence-electron chi connectivity index (χ1n) is 6.33. The summed E-state index contributed by atoms with van der Waals surface area (Å²) in [5.74, 6) is 0.145. The van der Waals surface area contributed by atoms with E-state index < -0.39 is 0 Å². The average molecular weight is 325 g/mol. The van der Waals surface area contributed by atoms with E-state index in [4.69, 9.17) is 27.9 Å². The lowest BCUT2D eigenvalue weighted by Gasteiger charge is -2.14. The highest BCUT2D eigenvalue weighted by Gasteiger charge is 2.11. The van der Waals surface area contributed by atoms with Gasteiger partial charge in [0, 0.05) is 23.5 Å². The fraction of sp³-hybridized carbons (Fsp3) is 0.200. The largest absolute Gasteiger partial charge is 0.482 e. The number of ether oxygens (including phenoxy) is 1. The predicted molar refractivity (Wildman–Crippen MR) is 82.8 cm³/mol. The van der Waals surface area contributed by atoms with Gasteiger partial charge in [-0.05, 0) is 36.8 Å². The lowest BCUT2D eigenvalue weighted by Crippen LogP contribution is -2.31. The van der Waals surface area contributed by atoms with Crippen LogP contribution in [-0.2, 0) is 4.79 Å². The summed E-state index contributed by atoms with van der Waals surface area (Å²) in [6.07, 6.45) is 3.36. The Kier molecular flexibility index (Phi) is 5.42. The third-order valence-corrected chi connectivity index (χ3v) is 3.38. The van der Waals surface area contributed by atoms with E-state index in [-0.39, 0.29) is 18.6 Å². The summed E-state index contributed by atoms with van der Waals surface area (Å²) in [5, 5.41) is 3.74. The van der Waals surface area contributed by atoms with Crippen molar-refractivity contribution in [3.63, 3.8) is 0 Å². The number of amides is 1. The third kappa shape index (κ3) is 4.62. The minimum atomic E-state index is -0.240. The molecular weight excluding hydrogens is 311 g/mol. The Morgan fingerprint density at radius 1 is 1.29 bits per heavy atom. The smallest absolute Gasteiger partial charge is 0.258 e. The summed E-state index contributed by atoms with van der Waals surface area (Å²) in [4.78, 5) is 15.8. The molecule has 1 aromatic heterocycles. The molecule has 21 heavy (non-hydrogen) atoms. The summed E-state index contributed by atoms with van der Waals surface area (Å²) in [5.41, 5.74) is 0.971. The van der Waals surface area contributed by atoms with Crippen LogP contribution in [0.2, 0.25) is 10.0 Å². The van der Waals surface area contributed by atoms with E-state index in [2.05, 4.69) is 10.3 Å². The highest BCUT2D eigenvalue weighted by atomic mass is 35.5. The van der Waals surface area contributed by atoms with E-state index in [0.29, 0.717) is 15.8 Å². The lowest BCUT2D eigenvalue weighted by atomic mass is 10.1. The number of carbonyl (C=O) groups excluding carboxylic acids is 1. The molecule has 1 aromatic carbocycles. The van der Waals surface area contributed by atoms with Crippen LogP contribution in [-0.4, -0.2) is 17.5 Å². The molecular formula is C15H14Cl2N2O2. The van der Waals surface area contributed by atoms with Gasteiger partial charge in [0.1, 0.15) is 5.75 Å². The molecule has 1 N–H and O–H groups in total. The zero-order valence-corrected chi connectivity index (χ0v) is 12.9. The number of benzene rings is 1. The topological polar surface area (TPSA) is 51.2 Å². The molecule has 1 atom stereocenters. The van der Waals surface area contributed by atoms with E-state index in [1.165, 1.54) is 0 Å². The Morgan fingerprint density at radius 2 is 2.00 bits per heavy atom. The summed E-state index contributed by atoms with van der Waals surface area (Å²) in [6.45, 7) is 1.76. The van der Waals surface area contributed by atoms with Crippen LogP contribution in [0.4, 0.5) is 0 Å². The predicted octanol–water partition coefficient (Wildman–Crippen LogP) is 3.64. The zero-order valence-electron chi connectivity index (χ0n) is 11.3. The van der Waals surface area contributed by atoms with Crippen LogP contribution in [0.15, 0.2) is 42.7 Å². The Morgan fingerprint density at radius 3 is 2.71 bits per heavy atom. The van der Waals surface area contributed by atoms with Gasteiger partial charge in [-0.15, -0.1) is 0 Å². The van der Waals surface area contributed by atoms with Gasteiger partial charge >= 0.3 is 0 Å². The van der Waals surface area contributed by atoms with Crippen molar-refractivity contribution in [2.24, 2.45) is 0 Å². The fourth-order valence-corrected chi connectivity index (χ4v) is 2.08. The van der Waals surface area contributed by atoms with Crippen LogP contribution in [0.1, 0.15) is 18.5 Å². The molecule has 2 aromatic rings. The van der Waals surface area contributed by atoms with E-state index in [0.717, 1.165) is 5.56 Å². The van der Waals surface area contributed by atoms with E-state index in [1.54, 1.807) is 30.6 Å². The molecule has 1 unspecified atom stereocenters. The van der Waals surface area contributed by atoms with Gasteiger partial charge in [0.25, 0.3) is 5.91 Å². The van der Waals surface area contributed by atoms with Crippen molar-refractivity contribution in [1.29, 1.82) is 0 Å². The molecule has 4 nitrogen and oxygen atoms in total. The van der Waals surface area contributed by atoms with Crippen LogP contribution in [0.5, 0.6) is 5.75 Å². The van der Waals surface area contributed by atoms with Gasteiger partial charge in [0.2, 0.25) is 0 Å². The van der Waals surface area contributed by atoms with Crippen molar-refractivity contribution in [2.75, 3.05) is 6.61 Å². The summed E-state index contributed by atoms with van der Waals surface area (Å²) < 4.78 is 5.38. The molecule has 0 spiro atoms. The van der Waals surface area contributed by atoms with Crippen LogP contribution >= 0.6 is 23.2 Å². The molecule has 6 heteroatoms. The molecule has 0 aliphatic heterocycles. The quantitative estimate of drug-likeness (QED) is 0.913. The molecule has 1 heterocycles. The molecule has 0 radical (unpaired) electrons. The number of rotatable bonds is 5. The minimum Gasteiger partial charge on any atom is -0.482 e. The summed E-state index contributed by atoms with van der Waals surface area (Å²) >= 11 is 11.8. The van der Waals surface area contributed by atoms with Crippen LogP contribution in [0, 0.1) is 0 Å². The number of halogens is 2. The molecule has 0 saturated heterocycles. The Labute approximate surface area is 133 Å². The number of nitrogens with one attached hydrogen (secondary N) is 1. The second-order valence-electron chi connectivity index (χ2n) is 4.43. The number of pyridine rings is 1. The number of hydrogen-bond acceptors (Lipinski definition) is 3. The van der Waals surface area contributed by atoms with Crippen LogP contribution in [0.3, 0.4) is 0 Å². The first-order chi connectivity index (χ1) is 10.1. The Hall–Kier alpha value is -1.78.